The van der Waals surface area contributed by atoms with E-state index in [0.717, 1.165) is 6.54 Å². The molecule has 1 fully saturated rings. The Kier molecular flexibility index (Phi) is 2.90. The largest absolute Gasteiger partial charge is 0.374 e. The van der Waals surface area contributed by atoms with Crippen LogP contribution >= 0.6 is 0 Å². The zero-order valence-corrected chi connectivity index (χ0v) is 8.00. The van der Waals surface area contributed by atoms with E-state index in [1.54, 1.807) is 0 Å². The van der Waals surface area contributed by atoms with E-state index in [2.05, 4.69) is 32.7 Å². The van der Waals surface area contributed by atoms with E-state index in [0.29, 0.717) is 18.1 Å². The molecule has 0 bridgehead atoms. The van der Waals surface area contributed by atoms with Gasteiger partial charge < -0.3 is 9.64 Å². The Morgan fingerprint density at radius 2 is 2.00 bits per heavy atom. The molecule has 0 saturated carbocycles. The molecule has 2 atom stereocenters. The maximum absolute atomic E-state index is 5.75. The highest BCUT2D eigenvalue weighted by atomic mass is 16.5. The molecule has 1 rings (SSSR count). The van der Waals surface area contributed by atoms with Crippen LogP contribution in [0, 0.1) is 5.92 Å². The average molecular weight is 157 g/mol. The summed E-state index contributed by atoms with van der Waals surface area (Å²) in [6.45, 7) is 8.74. The van der Waals surface area contributed by atoms with E-state index in [-0.39, 0.29) is 0 Å². The summed E-state index contributed by atoms with van der Waals surface area (Å²) in [5.41, 5.74) is 0. The third-order valence-corrected chi connectivity index (χ3v) is 2.17. The molecule has 0 aromatic carbocycles. The van der Waals surface area contributed by atoms with Gasteiger partial charge in [-0.3, -0.25) is 0 Å². The minimum atomic E-state index is 0.369. The molecule has 1 heterocycles. The van der Waals surface area contributed by atoms with Crippen molar-refractivity contribution in [3.8, 4) is 0 Å². The Hall–Kier alpha value is -0.0800. The summed E-state index contributed by atoms with van der Waals surface area (Å²) in [4.78, 5) is 2.33. The molecule has 0 N–H and O–H groups in total. The van der Waals surface area contributed by atoms with Crippen LogP contribution in [0.3, 0.4) is 0 Å². The summed E-state index contributed by atoms with van der Waals surface area (Å²) in [6, 6.07) is 0. The fourth-order valence-electron chi connectivity index (χ4n) is 1.70. The lowest BCUT2D eigenvalue weighted by Crippen LogP contribution is -2.24. The minimum Gasteiger partial charge on any atom is -0.374 e. The van der Waals surface area contributed by atoms with E-state index in [1.807, 2.05) is 0 Å². The monoisotopic (exact) mass is 157 g/mol. The number of ether oxygens (including phenoxy) is 1. The molecule has 2 heteroatoms. The lowest BCUT2D eigenvalue weighted by molar-refractivity contribution is -0.00332. The Bertz CT molecular complexity index is 125. The van der Waals surface area contributed by atoms with E-state index >= 15 is 0 Å². The van der Waals surface area contributed by atoms with E-state index in [1.165, 1.54) is 6.54 Å². The molecule has 0 aromatic rings. The Balaban J connectivity index is 2.34. The predicted octanol–water partition coefficient (Wildman–Crippen LogP) is 1.36. The first-order chi connectivity index (χ1) is 5.09. The highest BCUT2D eigenvalue weighted by Gasteiger charge is 2.28. The fraction of sp³-hybridized carbons (Fsp3) is 1.00. The fourth-order valence-corrected chi connectivity index (χ4v) is 1.70. The van der Waals surface area contributed by atoms with Crippen LogP contribution in [-0.2, 0) is 4.74 Å². The van der Waals surface area contributed by atoms with Crippen LogP contribution in [0.2, 0.25) is 0 Å². The van der Waals surface area contributed by atoms with Crippen molar-refractivity contribution in [3.05, 3.63) is 0 Å². The van der Waals surface area contributed by atoms with E-state index < -0.39 is 0 Å². The van der Waals surface area contributed by atoms with Crippen molar-refractivity contribution in [2.24, 2.45) is 5.92 Å². The van der Waals surface area contributed by atoms with E-state index in [4.69, 9.17) is 4.74 Å². The topological polar surface area (TPSA) is 12.5 Å². The number of likely N-dealkylation sites (N-methyl/N-ethyl adjacent to an activating group) is 1. The number of hydrogen-bond donors (Lipinski definition) is 0. The average Bonchev–Trinajstić information content (AvgIpc) is 2.09. The molecule has 66 valence electrons. The zero-order chi connectivity index (χ0) is 8.43. The molecule has 0 spiro atoms. The molecule has 0 unspecified atom stereocenters. The maximum atomic E-state index is 5.75. The van der Waals surface area contributed by atoms with Gasteiger partial charge in [-0.2, -0.15) is 0 Å². The van der Waals surface area contributed by atoms with Gasteiger partial charge in [-0.1, -0.05) is 6.92 Å². The SMILES string of the molecule is CC(C)O[C@H]1CN(C)C[C@@H]1C. The molecule has 2 nitrogen and oxygen atoms in total. The highest BCUT2D eigenvalue weighted by Crippen LogP contribution is 2.18. The van der Waals surface area contributed by atoms with Gasteiger partial charge in [0, 0.05) is 13.1 Å². The molecule has 0 aromatic heterocycles. The second kappa shape index (κ2) is 3.55. The summed E-state index contributed by atoms with van der Waals surface area (Å²) < 4.78 is 5.75. The van der Waals surface area contributed by atoms with Crippen molar-refractivity contribution in [2.75, 3.05) is 20.1 Å². The summed E-state index contributed by atoms with van der Waals surface area (Å²) in [5, 5.41) is 0. The first kappa shape index (κ1) is 9.01. The number of nitrogens with zero attached hydrogens (tertiary/aromatic N) is 1. The summed E-state index contributed by atoms with van der Waals surface area (Å²) in [6.07, 6.45) is 0.828. The van der Waals surface area contributed by atoms with Gasteiger partial charge in [0.2, 0.25) is 0 Å². The predicted molar refractivity (Wildman–Crippen MR) is 46.7 cm³/mol. The third-order valence-electron chi connectivity index (χ3n) is 2.17. The van der Waals surface area contributed by atoms with Crippen LogP contribution < -0.4 is 0 Å². The van der Waals surface area contributed by atoms with Crippen molar-refractivity contribution in [1.29, 1.82) is 0 Å². The summed E-state index contributed by atoms with van der Waals surface area (Å²) in [7, 11) is 2.15. The quantitative estimate of drug-likeness (QED) is 0.600. The van der Waals surface area contributed by atoms with Crippen LogP contribution in [-0.4, -0.2) is 37.2 Å². The van der Waals surface area contributed by atoms with Crippen molar-refractivity contribution in [3.63, 3.8) is 0 Å². The van der Waals surface area contributed by atoms with Crippen molar-refractivity contribution in [2.45, 2.75) is 33.0 Å². The molecule has 0 aliphatic carbocycles. The lowest BCUT2D eigenvalue weighted by atomic mass is 10.1. The molecule has 1 aliphatic heterocycles. The molecule has 0 radical (unpaired) electrons. The molecular weight excluding hydrogens is 138 g/mol. The van der Waals surface area contributed by atoms with Crippen LogP contribution in [0.5, 0.6) is 0 Å². The van der Waals surface area contributed by atoms with Gasteiger partial charge in [-0.05, 0) is 26.8 Å². The molecule has 1 aliphatic rings. The van der Waals surface area contributed by atoms with Gasteiger partial charge in [-0.15, -0.1) is 0 Å². The van der Waals surface area contributed by atoms with Gasteiger partial charge >= 0.3 is 0 Å². The van der Waals surface area contributed by atoms with Crippen LogP contribution in [0.4, 0.5) is 0 Å². The van der Waals surface area contributed by atoms with Crippen LogP contribution in [0.1, 0.15) is 20.8 Å². The van der Waals surface area contributed by atoms with Crippen LogP contribution in [0.15, 0.2) is 0 Å². The van der Waals surface area contributed by atoms with Gasteiger partial charge in [-0.25, -0.2) is 0 Å². The minimum absolute atomic E-state index is 0.369. The first-order valence-electron chi connectivity index (χ1n) is 4.43. The van der Waals surface area contributed by atoms with Crippen LogP contribution in [0.25, 0.3) is 0 Å². The second-order valence-electron chi connectivity index (χ2n) is 3.92. The second-order valence-corrected chi connectivity index (χ2v) is 3.92. The smallest absolute Gasteiger partial charge is 0.0742 e. The lowest BCUT2D eigenvalue weighted by Gasteiger charge is -2.18. The first-order valence-corrected chi connectivity index (χ1v) is 4.43. The number of likely N-dealkylation sites (tertiary alicyclic amines) is 1. The zero-order valence-electron chi connectivity index (χ0n) is 8.00. The summed E-state index contributed by atoms with van der Waals surface area (Å²) in [5.74, 6) is 0.697. The van der Waals surface area contributed by atoms with Gasteiger partial charge in [0.25, 0.3) is 0 Å². The van der Waals surface area contributed by atoms with Gasteiger partial charge in [0.15, 0.2) is 0 Å². The summed E-state index contributed by atoms with van der Waals surface area (Å²) >= 11 is 0. The number of hydrogen-bond acceptors (Lipinski definition) is 2. The normalized spacial score (nSPS) is 33.5. The van der Waals surface area contributed by atoms with Crippen molar-refractivity contribution in [1.82, 2.24) is 4.90 Å². The molecular formula is C9H19NO. The van der Waals surface area contributed by atoms with Crippen molar-refractivity contribution >= 4 is 0 Å². The number of rotatable bonds is 2. The van der Waals surface area contributed by atoms with Gasteiger partial charge in [0.05, 0.1) is 12.2 Å². The Labute approximate surface area is 69.5 Å². The maximum Gasteiger partial charge on any atom is 0.0742 e. The Morgan fingerprint density at radius 3 is 2.36 bits per heavy atom. The van der Waals surface area contributed by atoms with E-state index in [9.17, 15) is 0 Å². The molecule has 1 saturated heterocycles. The molecule has 11 heavy (non-hydrogen) atoms. The molecule has 0 amide bonds. The van der Waals surface area contributed by atoms with Crippen molar-refractivity contribution < 1.29 is 4.74 Å². The standard InChI is InChI=1S/C9H19NO/c1-7(2)11-9-6-10(4)5-8(9)3/h7-9H,5-6H2,1-4H3/t8-,9-/m0/s1. The highest BCUT2D eigenvalue weighted by molar-refractivity contribution is 4.80. The van der Waals surface area contributed by atoms with Gasteiger partial charge in [0.1, 0.15) is 0 Å². The third kappa shape index (κ3) is 2.46. The Morgan fingerprint density at radius 1 is 1.36 bits per heavy atom.